The normalized spacial score (nSPS) is 0. The minimum absolute atomic E-state index is 0. The number of hydrogen-bond acceptors (Lipinski definition) is 0. The van der Waals surface area contributed by atoms with Crippen LogP contribution in [0.1, 0.15) is 0 Å². The Hall–Kier alpha value is 1.88. The van der Waals surface area contributed by atoms with Crippen LogP contribution in [0.25, 0.3) is 0 Å². The zero-order valence-electron chi connectivity index (χ0n) is 3.46. The van der Waals surface area contributed by atoms with Crippen LogP contribution >= 0.6 is 0 Å². The summed E-state index contributed by atoms with van der Waals surface area (Å²) in [5, 5.41) is 0. The smallest absolute Gasteiger partial charge is 2.00 e. The predicted molar refractivity (Wildman–Crippen MR) is 3.43 cm³/mol. The van der Waals surface area contributed by atoms with Crippen molar-refractivity contribution in [3.05, 3.63) is 0 Å². The van der Waals surface area contributed by atoms with Crippen molar-refractivity contribution in [1.82, 2.24) is 0 Å². The van der Waals surface area contributed by atoms with Crippen molar-refractivity contribution in [2.45, 2.75) is 0 Å². The maximum absolute atomic E-state index is 0. The van der Waals surface area contributed by atoms with Gasteiger partial charge in [0.05, 0.1) is 0 Å². The monoisotopic (exact) mass is 304 g/mol. The fourth-order valence-electron chi connectivity index (χ4n) is 0. The SMILES string of the molecule is [Fe+2].[Fe+2].[Fe+3].[Fe+3].[O-2].[O-2].[O-2].[O-2].[O-2]. The van der Waals surface area contributed by atoms with Crippen molar-refractivity contribution >= 4 is 0 Å². The third-order valence-electron chi connectivity index (χ3n) is 0. The first-order chi connectivity index (χ1) is 0. The second kappa shape index (κ2) is 221. The van der Waals surface area contributed by atoms with Gasteiger partial charge in [-0.3, -0.25) is 0 Å². The molecule has 0 heterocycles. The van der Waals surface area contributed by atoms with Crippen molar-refractivity contribution in [2.24, 2.45) is 0 Å². The molecule has 0 fully saturated rings. The first kappa shape index (κ1) is 301. The third kappa shape index (κ3) is 174. The third-order valence-corrected chi connectivity index (χ3v) is 0. The zero-order valence-corrected chi connectivity index (χ0v) is 7.87. The number of hydrogen-bond donors (Lipinski definition) is 0. The van der Waals surface area contributed by atoms with Gasteiger partial charge < -0.3 is 27.4 Å². The molecule has 0 aliphatic carbocycles. The van der Waals surface area contributed by atoms with Crippen LogP contribution in [0.15, 0.2) is 0 Å². The fraction of sp³-hybridized carbons (Fsp3) is 0. The molecular formula is Fe4O5. The van der Waals surface area contributed by atoms with Crippen LogP contribution in [0, 0.1) is 0 Å². The van der Waals surface area contributed by atoms with Crippen LogP contribution in [0.2, 0.25) is 0 Å². The summed E-state index contributed by atoms with van der Waals surface area (Å²) in [4.78, 5) is 0. The Labute approximate surface area is 95.2 Å². The molecular weight excluding hydrogens is 303 g/mol. The Morgan fingerprint density at radius 1 is 0.333 bits per heavy atom. The maximum atomic E-state index is 0. The molecule has 0 aromatic heterocycles. The first-order valence-electron chi connectivity index (χ1n) is 0. The van der Waals surface area contributed by atoms with Gasteiger partial charge in [0.1, 0.15) is 0 Å². The Bertz CT molecular complexity index is 8.92. The van der Waals surface area contributed by atoms with Crippen LogP contribution in [0.3, 0.4) is 0 Å². The average molecular weight is 303 g/mol. The second-order valence-electron chi connectivity index (χ2n) is 0. The second-order valence-corrected chi connectivity index (χ2v) is 0. The Morgan fingerprint density at radius 3 is 0.333 bits per heavy atom. The van der Waals surface area contributed by atoms with E-state index in [-0.39, 0.29) is 95.7 Å². The Balaban J connectivity index is 0. The molecule has 0 N–H and O–H groups in total. The van der Waals surface area contributed by atoms with E-state index in [2.05, 4.69) is 0 Å². The van der Waals surface area contributed by atoms with Crippen molar-refractivity contribution < 1.29 is 95.7 Å². The molecule has 0 saturated heterocycles. The maximum Gasteiger partial charge on any atom is 3.00 e. The summed E-state index contributed by atoms with van der Waals surface area (Å²) in [7, 11) is 0. The summed E-state index contributed by atoms with van der Waals surface area (Å²) >= 11 is 0. The first-order valence-corrected chi connectivity index (χ1v) is 0. The van der Waals surface area contributed by atoms with E-state index < -0.39 is 0 Å². The summed E-state index contributed by atoms with van der Waals surface area (Å²) in [6.07, 6.45) is 0. The van der Waals surface area contributed by atoms with Gasteiger partial charge in [0, 0.05) is 0 Å². The molecule has 5 nitrogen and oxygen atoms in total. The van der Waals surface area contributed by atoms with Crippen LogP contribution in [0.5, 0.6) is 0 Å². The molecule has 0 aliphatic heterocycles. The molecule has 0 aromatic rings. The molecule has 0 saturated carbocycles. The van der Waals surface area contributed by atoms with Crippen LogP contribution in [-0.4, -0.2) is 0 Å². The molecule has 0 rings (SSSR count). The predicted octanol–water partition coefficient (Wildman–Crippen LogP) is -0.604. The van der Waals surface area contributed by atoms with E-state index in [9.17, 15) is 0 Å². The Morgan fingerprint density at radius 2 is 0.333 bits per heavy atom. The topological polar surface area (TPSA) is 142 Å². The van der Waals surface area contributed by atoms with Crippen molar-refractivity contribution in [1.29, 1.82) is 0 Å². The Kier molecular flexibility index (Phi) is 7380. The quantitative estimate of drug-likeness (QED) is 0.526. The average Bonchev–Trinajstić information content (AvgIpc) is 0. The van der Waals surface area contributed by atoms with E-state index in [1.54, 1.807) is 0 Å². The largest absolute Gasteiger partial charge is 3.00 e. The van der Waals surface area contributed by atoms with Crippen molar-refractivity contribution in [3.63, 3.8) is 0 Å². The van der Waals surface area contributed by atoms with E-state index in [4.69, 9.17) is 0 Å². The van der Waals surface area contributed by atoms with Gasteiger partial charge in [-0.15, -0.1) is 0 Å². The molecule has 0 bridgehead atoms. The molecule has 62 valence electrons. The van der Waals surface area contributed by atoms with Gasteiger partial charge in [0.25, 0.3) is 0 Å². The zero-order chi connectivity index (χ0) is 0. The molecule has 2 radical (unpaired) electrons. The molecule has 0 unspecified atom stereocenters. The van der Waals surface area contributed by atoms with E-state index >= 15 is 0 Å². The number of rotatable bonds is 0. The van der Waals surface area contributed by atoms with Gasteiger partial charge in [0.15, 0.2) is 0 Å². The van der Waals surface area contributed by atoms with Gasteiger partial charge >= 0.3 is 68.3 Å². The molecule has 0 aliphatic rings. The minimum atomic E-state index is 0. The fourth-order valence-corrected chi connectivity index (χ4v) is 0. The molecule has 0 atom stereocenters. The molecule has 9 heteroatoms. The van der Waals surface area contributed by atoms with Crippen molar-refractivity contribution in [2.75, 3.05) is 0 Å². The summed E-state index contributed by atoms with van der Waals surface area (Å²) in [5.41, 5.74) is 0. The molecule has 9 heavy (non-hydrogen) atoms. The van der Waals surface area contributed by atoms with Gasteiger partial charge in [-0.05, 0) is 0 Å². The van der Waals surface area contributed by atoms with Gasteiger partial charge in [-0.2, -0.15) is 0 Å². The standard InChI is InChI=1S/4Fe.5O/q2*+2;2*+3;5*-2. The summed E-state index contributed by atoms with van der Waals surface area (Å²) in [6, 6.07) is 0. The van der Waals surface area contributed by atoms with Crippen LogP contribution in [0.4, 0.5) is 0 Å². The summed E-state index contributed by atoms with van der Waals surface area (Å²) in [6.45, 7) is 0. The minimum Gasteiger partial charge on any atom is -2.00 e. The van der Waals surface area contributed by atoms with E-state index in [0.29, 0.717) is 0 Å². The van der Waals surface area contributed by atoms with Gasteiger partial charge in [-0.1, -0.05) is 0 Å². The molecule has 0 amide bonds. The van der Waals surface area contributed by atoms with E-state index in [1.165, 1.54) is 0 Å². The van der Waals surface area contributed by atoms with Gasteiger partial charge in [-0.25, -0.2) is 0 Å². The van der Waals surface area contributed by atoms with Gasteiger partial charge in [0.2, 0.25) is 0 Å². The summed E-state index contributed by atoms with van der Waals surface area (Å²) in [5.74, 6) is 0. The van der Waals surface area contributed by atoms with Crippen LogP contribution < -0.4 is 0 Å². The van der Waals surface area contributed by atoms with Crippen molar-refractivity contribution in [3.8, 4) is 0 Å². The molecule has 0 aromatic carbocycles. The summed E-state index contributed by atoms with van der Waals surface area (Å²) < 4.78 is 0. The molecule has 0 spiro atoms. The van der Waals surface area contributed by atoms with E-state index in [1.807, 2.05) is 0 Å². The van der Waals surface area contributed by atoms with Crippen LogP contribution in [-0.2, 0) is 95.7 Å². The van der Waals surface area contributed by atoms with E-state index in [0.717, 1.165) is 0 Å².